The van der Waals surface area contributed by atoms with Gasteiger partial charge in [0.05, 0.1) is 10.6 Å². The highest BCUT2D eigenvalue weighted by molar-refractivity contribution is 6.37. The predicted molar refractivity (Wildman–Crippen MR) is 59.1 cm³/mol. The molecule has 76 valence electrons. The lowest BCUT2D eigenvalue weighted by Gasteiger charge is -2.17. The van der Waals surface area contributed by atoms with Gasteiger partial charge in [0.15, 0.2) is 5.78 Å². The van der Waals surface area contributed by atoms with E-state index in [-0.39, 0.29) is 5.78 Å². The Morgan fingerprint density at radius 1 is 1.36 bits per heavy atom. The molecule has 0 aliphatic carbocycles. The summed E-state index contributed by atoms with van der Waals surface area (Å²) in [4.78, 5) is 11.7. The van der Waals surface area contributed by atoms with Crippen LogP contribution in [0, 0.1) is 0 Å². The first-order valence-corrected chi connectivity index (χ1v) is 4.86. The Bertz CT molecular complexity index is 369. The molecule has 2 N–H and O–H groups in total. The number of nitrogens with two attached hydrogens (primary N) is 1. The maximum absolute atomic E-state index is 11.7. The zero-order valence-electron chi connectivity index (χ0n) is 7.97. The summed E-state index contributed by atoms with van der Waals surface area (Å²) < 4.78 is 0. The molecule has 1 aromatic rings. The van der Waals surface area contributed by atoms with Crippen LogP contribution >= 0.6 is 23.2 Å². The van der Waals surface area contributed by atoms with Gasteiger partial charge in [0.1, 0.15) is 0 Å². The molecule has 0 saturated carbocycles. The summed E-state index contributed by atoms with van der Waals surface area (Å²) in [6.07, 6.45) is 0. The predicted octanol–water partition coefficient (Wildman–Crippen LogP) is 2.91. The van der Waals surface area contributed by atoms with E-state index in [1.54, 1.807) is 26.0 Å². The highest BCUT2D eigenvalue weighted by atomic mass is 35.5. The third-order valence-electron chi connectivity index (χ3n) is 1.76. The van der Waals surface area contributed by atoms with Crippen molar-refractivity contribution in [1.82, 2.24) is 0 Å². The molecular weight excluding hydrogens is 221 g/mol. The molecule has 2 nitrogen and oxygen atoms in total. The van der Waals surface area contributed by atoms with E-state index in [4.69, 9.17) is 28.9 Å². The third-order valence-corrected chi connectivity index (χ3v) is 2.31. The zero-order chi connectivity index (χ0) is 10.9. The molecule has 0 heterocycles. The van der Waals surface area contributed by atoms with Gasteiger partial charge in [-0.2, -0.15) is 0 Å². The molecule has 14 heavy (non-hydrogen) atoms. The number of hydrogen-bond donors (Lipinski definition) is 1. The largest absolute Gasteiger partial charge is 0.319 e. The molecule has 0 aromatic heterocycles. The zero-order valence-corrected chi connectivity index (χ0v) is 9.49. The van der Waals surface area contributed by atoms with Gasteiger partial charge in [-0.1, -0.05) is 23.2 Å². The molecule has 0 saturated heterocycles. The van der Waals surface area contributed by atoms with Gasteiger partial charge in [-0.05, 0) is 32.0 Å². The molecule has 0 atom stereocenters. The number of halogens is 2. The van der Waals surface area contributed by atoms with E-state index in [9.17, 15) is 4.79 Å². The van der Waals surface area contributed by atoms with Gasteiger partial charge < -0.3 is 5.73 Å². The van der Waals surface area contributed by atoms with Crippen LogP contribution in [0.1, 0.15) is 24.2 Å². The van der Waals surface area contributed by atoms with Crippen molar-refractivity contribution in [2.24, 2.45) is 5.73 Å². The second-order valence-electron chi connectivity index (χ2n) is 3.67. The Labute approximate surface area is 93.0 Å². The molecule has 1 aromatic carbocycles. The van der Waals surface area contributed by atoms with Gasteiger partial charge in [0, 0.05) is 10.6 Å². The summed E-state index contributed by atoms with van der Waals surface area (Å²) in [7, 11) is 0. The standard InChI is InChI=1S/C10H11Cl2NO/c1-10(2,13)9(14)7-4-3-6(11)5-8(7)12/h3-5H,13H2,1-2H3. The fourth-order valence-electron chi connectivity index (χ4n) is 1.02. The Balaban J connectivity index is 3.15. The maximum Gasteiger partial charge on any atom is 0.183 e. The molecule has 1 rings (SSSR count). The van der Waals surface area contributed by atoms with Crippen LogP contribution in [0.4, 0.5) is 0 Å². The Morgan fingerprint density at radius 3 is 2.36 bits per heavy atom. The van der Waals surface area contributed by atoms with Crippen molar-refractivity contribution >= 4 is 29.0 Å². The second kappa shape index (κ2) is 3.89. The first-order chi connectivity index (χ1) is 6.32. The molecule has 4 heteroatoms. The fourth-order valence-corrected chi connectivity index (χ4v) is 1.52. The van der Waals surface area contributed by atoms with Crippen molar-refractivity contribution in [3.8, 4) is 0 Å². The van der Waals surface area contributed by atoms with Gasteiger partial charge in [0.2, 0.25) is 0 Å². The van der Waals surface area contributed by atoms with Crippen LogP contribution in [0.15, 0.2) is 18.2 Å². The summed E-state index contributed by atoms with van der Waals surface area (Å²) in [5.41, 5.74) is 5.16. The minimum absolute atomic E-state index is 0.195. The number of rotatable bonds is 2. The number of ketones is 1. The Kier molecular flexibility index (Phi) is 3.20. The van der Waals surface area contributed by atoms with Gasteiger partial charge in [0.25, 0.3) is 0 Å². The van der Waals surface area contributed by atoms with Crippen LogP contribution in [0.5, 0.6) is 0 Å². The monoisotopic (exact) mass is 231 g/mol. The lowest BCUT2D eigenvalue weighted by Crippen LogP contribution is -2.41. The van der Waals surface area contributed by atoms with Crippen molar-refractivity contribution in [2.75, 3.05) is 0 Å². The highest BCUT2D eigenvalue weighted by Crippen LogP contribution is 2.23. The van der Waals surface area contributed by atoms with Gasteiger partial charge >= 0.3 is 0 Å². The molecule has 0 bridgehead atoms. The minimum atomic E-state index is -0.919. The van der Waals surface area contributed by atoms with E-state index < -0.39 is 5.54 Å². The topological polar surface area (TPSA) is 43.1 Å². The van der Waals surface area contributed by atoms with Crippen LogP contribution in [-0.4, -0.2) is 11.3 Å². The van der Waals surface area contributed by atoms with Crippen LogP contribution in [0.3, 0.4) is 0 Å². The Morgan fingerprint density at radius 2 is 1.93 bits per heavy atom. The molecule has 0 aliphatic heterocycles. The van der Waals surface area contributed by atoms with Crippen LogP contribution in [0.2, 0.25) is 10.0 Å². The lowest BCUT2D eigenvalue weighted by molar-refractivity contribution is 0.0914. The van der Waals surface area contributed by atoms with Crippen molar-refractivity contribution < 1.29 is 4.79 Å². The molecule has 0 amide bonds. The van der Waals surface area contributed by atoms with E-state index in [1.165, 1.54) is 6.07 Å². The van der Waals surface area contributed by atoms with Crippen LogP contribution in [-0.2, 0) is 0 Å². The average molecular weight is 232 g/mol. The molecule has 0 unspecified atom stereocenters. The molecule has 0 aliphatic rings. The minimum Gasteiger partial charge on any atom is -0.319 e. The quantitative estimate of drug-likeness (QED) is 0.796. The summed E-state index contributed by atoms with van der Waals surface area (Å²) in [5, 5.41) is 0.836. The number of carbonyl (C=O) groups excluding carboxylic acids is 1. The molecule has 0 fully saturated rings. The summed E-state index contributed by atoms with van der Waals surface area (Å²) in [5.74, 6) is -0.195. The van der Waals surface area contributed by atoms with E-state index in [0.717, 1.165) is 0 Å². The average Bonchev–Trinajstić information content (AvgIpc) is 2.01. The molecule has 0 radical (unpaired) electrons. The molecular formula is C10H11Cl2NO. The summed E-state index contributed by atoms with van der Waals surface area (Å²) in [6.45, 7) is 3.28. The van der Waals surface area contributed by atoms with Gasteiger partial charge in [-0.15, -0.1) is 0 Å². The first-order valence-electron chi connectivity index (χ1n) is 4.11. The first kappa shape index (κ1) is 11.5. The van der Waals surface area contributed by atoms with E-state index >= 15 is 0 Å². The van der Waals surface area contributed by atoms with Crippen LogP contribution in [0.25, 0.3) is 0 Å². The van der Waals surface area contributed by atoms with Gasteiger partial charge in [-0.3, -0.25) is 4.79 Å². The Hall–Kier alpha value is -0.570. The SMILES string of the molecule is CC(C)(N)C(=O)c1ccc(Cl)cc1Cl. The van der Waals surface area contributed by atoms with E-state index in [0.29, 0.717) is 15.6 Å². The van der Waals surface area contributed by atoms with Crippen molar-refractivity contribution in [1.29, 1.82) is 0 Å². The number of Topliss-reactive ketones (excluding diaryl/α,β-unsaturated/α-hetero) is 1. The maximum atomic E-state index is 11.7. The lowest BCUT2D eigenvalue weighted by atomic mass is 9.94. The normalized spacial score (nSPS) is 11.5. The fraction of sp³-hybridized carbons (Fsp3) is 0.300. The van der Waals surface area contributed by atoms with Crippen molar-refractivity contribution in [2.45, 2.75) is 19.4 Å². The smallest absolute Gasteiger partial charge is 0.183 e. The molecule has 0 spiro atoms. The number of carbonyl (C=O) groups is 1. The summed E-state index contributed by atoms with van der Waals surface area (Å²) >= 11 is 11.6. The van der Waals surface area contributed by atoms with Crippen LogP contribution < -0.4 is 5.73 Å². The highest BCUT2D eigenvalue weighted by Gasteiger charge is 2.25. The van der Waals surface area contributed by atoms with Gasteiger partial charge in [-0.25, -0.2) is 0 Å². The second-order valence-corrected chi connectivity index (χ2v) is 4.52. The van der Waals surface area contributed by atoms with E-state index in [2.05, 4.69) is 0 Å². The summed E-state index contributed by atoms with van der Waals surface area (Å²) in [6, 6.07) is 4.73. The van der Waals surface area contributed by atoms with E-state index in [1.807, 2.05) is 0 Å². The third kappa shape index (κ3) is 2.47. The number of hydrogen-bond acceptors (Lipinski definition) is 2. The van der Waals surface area contributed by atoms with Crippen molar-refractivity contribution in [3.63, 3.8) is 0 Å². The van der Waals surface area contributed by atoms with Crippen molar-refractivity contribution in [3.05, 3.63) is 33.8 Å². The number of benzene rings is 1.